The van der Waals surface area contributed by atoms with E-state index in [1.165, 1.54) is 6.20 Å². The van der Waals surface area contributed by atoms with E-state index in [1.54, 1.807) is 25.3 Å². The molecular weight excluding hydrogens is 244 g/mol. The molecule has 0 aliphatic heterocycles. The third-order valence-electron chi connectivity index (χ3n) is 2.39. The van der Waals surface area contributed by atoms with Crippen molar-refractivity contribution in [2.75, 3.05) is 11.9 Å². The number of H-pyrrole nitrogens is 1. The minimum atomic E-state index is -0.286. The quantitative estimate of drug-likeness (QED) is 0.690. The van der Waals surface area contributed by atoms with Crippen LogP contribution in [0.5, 0.6) is 0 Å². The Morgan fingerprint density at radius 3 is 3.11 bits per heavy atom. The minimum absolute atomic E-state index is 0.210. The number of aliphatic hydroxyl groups is 1. The second kappa shape index (κ2) is 5.80. The molecule has 2 rings (SSSR count). The molecule has 2 heterocycles. The first kappa shape index (κ1) is 12.8. The van der Waals surface area contributed by atoms with Gasteiger partial charge in [0.2, 0.25) is 0 Å². The summed E-state index contributed by atoms with van der Waals surface area (Å²) in [5.41, 5.74) is 1.82. The van der Waals surface area contributed by atoms with Gasteiger partial charge in [0.25, 0.3) is 5.91 Å². The van der Waals surface area contributed by atoms with Gasteiger partial charge in [0.15, 0.2) is 0 Å². The number of aliphatic hydroxyl groups excluding tert-OH is 1. The van der Waals surface area contributed by atoms with E-state index < -0.39 is 0 Å². The van der Waals surface area contributed by atoms with Crippen LogP contribution in [-0.4, -0.2) is 32.8 Å². The monoisotopic (exact) mass is 256 g/mol. The van der Waals surface area contributed by atoms with Gasteiger partial charge in [-0.05, 0) is 19.1 Å². The van der Waals surface area contributed by atoms with E-state index in [0.29, 0.717) is 22.6 Å². The Balaban J connectivity index is 2.15. The zero-order chi connectivity index (χ0) is 13.7. The van der Waals surface area contributed by atoms with E-state index in [1.807, 2.05) is 0 Å². The summed E-state index contributed by atoms with van der Waals surface area (Å²) in [6.07, 6.45) is 3.00. The van der Waals surface area contributed by atoms with Crippen LogP contribution in [0, 0.1) is 18.8 Å². The minimum Gasteiger partial charge on any atom is -0.384 e. The van der Waals surface area contributed by atoms with Gasteiger partial charge in [-0.2, -0.15) is 5.10 Å². The van der Waals surface area contributed by atoms with Gasteiger partial charge < -0.3 is 10.4 Å². The Bertz CT molecular complexity index is 652. The highest BCUT2D eigenvalue weighted by molar-refractivity contribution is 6.04. The molecule has 1 amide bonds. The lowest BCUT2D eigenvalue weighted by molar-refractivity contribution is 0.102. The molecule has 96 valence electrons. The largest absolute Gasteiger partial charge is 0.384 e. The molecule has 3 N–H and O–H groups in total. The molecule has 0 aliphatic carbocycles. The number of aromatic nitrogens is 3. The molecule has 2 aromatic rings. The highest BCUT2D eigenvalue weighted by Crippen LogP contribution is 2.09. The predicted octanol–water partition coefficient (Wildman–Crippen LogP) is 0.709. The second-order valence-corrected chi connectivity index (χ2v) is 3.75. The number of pyridine rings is 1. The van der Waals surface area contributed by atoms with Gasteiger partial charge in [-0.3, -0.25) is 9.89 Å². The lowest BCUT2D eigenvalue weighted by Crippen LogP contribution is -2.13. The van der Waals surface area contributed by atoms with E-state index in [-0.39, 0.29) is 12.5 Å². The van der Waals surface area contributed by atoms with Gasteiger partial charge in [-0.1, -0.05) is 11.8 Å². The maximum Gasteiger partial charge on any atom is 0.260 e. The third kappa shape index (κ3) is 3.18. The number of carbonyl (C=O) groups excluding carboxylic acids is 1. The van der Waals surface area contributed by atoms with Gasteiger partial charge in [-0.25, -0.2) is 4.98 Å². The molecule has 0 aromatic carbocycles. The van der Waals surface area contributed by atoms with Crippen molar-refractivity contribution < 1.29 is 9.90 Å². The molecule has 0 saturated carbocycles. The summed E-state index contributed by atoms with van der Waals surface area (Å²) < 4.78 is 0. The Morgan fingerprint density at radius 2 is 2.42 bits per heavy atom. The van der Waals surface area contributed by atoms with E-state index in [4.69, 9.17) is 5.11 Å². The van der Waals surface area contributed by atoms with Gasteiger partial charge in [-0.15, -0.1) is 0 Å². The number of anilines is 1. The van der Waals surface area contributed by atoms with Crippen molar-refractivity contribution in [2.45, 2.75) is 6.92 Å². The average Bonchev–Trinajstić information content (AvgIpc) is 2.83. The van der Waals surface area contributed by atoms with Crippen LogP contribution < -0.4 is 5.32 Å². The van der Waals surface area contributed by atoms with E-state index in [0.717, 1.165) is 0 Å². The Morgan fingerprint density at radius 1 is 1.58 bits per heavy atom. The summed E-state index contributed by atoms with van der Waals surface area (Å²) in [6.45, 7) is 1.55. The van der Waals surface area contributed by atoms with E-state index in [2.05, 4.69) is 32.3 Å². The summed E-state index contributed by atoms with van der Waals surface area (Å²) in [6, 6.07) is 3.33. The summed E-state index contributed by atoms with van der Waals surface area (Å²) in [5, 5.41) is 17.8. The van der Waals surface area contributed by atoms with Crippen molar-refractivity contribution in [3.05, 3.63) is 41.3 Å². The second-order valence-electron chi connectivity index (χ2n) is 3.75. The van der Waals surface area contributed by atoms with Crippen LogP contribution in [0.3, 0.4) is 0 Å². The number of nitrogens with zero attached hydrogens (tertiary/aromatic N) is 2. The number of nitrogens with one attached hydrogen (secondary N) is 2. The zero-order valence-electron chi connectivity index (χ0n) is 10.3. The smallest absolute Gasteiger partial charge is 0.260 e. The normalized spacial score (nSPS) is 9.58. The van der Waals surface area contributed by atoms with Crippen LogP contribution >= 0.6 is 0 Å². The van der Waals surface area contributed by atoms with Crippen LogP contribution in [-0.2, 0) is 0 Å². The van der Waals surface area contributed by atoms with Crippen LogP contribution in [0.15, 0.2) is 24.5 Å². The third-order valence-corrected chi connectivity index (χ3v) is 2.39. The summed E-state index contributed by atoms with van der Waals surface area (Å²) in [7, 11) is 0. The molecule has 0 aliphatic rings. The molecule has 0 atom stereocenters. The predicted molar refractivity (Wildman–Crippen MR) is 69.5 cm³/mol. The molecule has 0 bridgehead atoms. The number of aryl methyl sites for hydroxylation is 1. The number of aromatic amines is 1. The van der Waals surface area contributed by atoms with Gasteiger partial charge in [0, 0.05) is 17.5 Å². The van der Waals surface area contributed by atoms with Crippen molar-refractivity contribution >= 4 is 11.7 Å². The molecule has 0 unspecified atom stereocenters. The number of carbonyl (C=O) groups is 1. The van der Waals surface area contributed by atoms with Crippen molar-refractivity contribution in [3.8, 4) is 11.8 Å². The molecule has 2 aromatic heterocycles. The van der Waals surface area contributed by atoms with Crippen molar-refractivity contribution in [3.63, 3.8) is 0 Å². The fourth-order valence-corrected chi connectivity index (χ4v) is 1.48. The highest BCUT2D eigenvalue weighted by Gasteiger charge is 2.11. The summed E-state index contributed by atoms with van der Waals surface area (Å²) in [4.78, 5) is 16.0. The number of rotatable bonds is 2. The zero-order valence-corrected chi connectivity index (χ0v) is 10.3. The van der Waals surface area contributed by atoms with Crippen LogP contribution in [0.4, 0.5) is 5.82 Å². The van der Waals surface area contributed by atoms with Crippen molar-refractivity contribution in [2.24, 2.45) is 0 Å². The lowest BCUT2D eigenvalue weighted by Gasteiger charge is -2.03. The molecule has 0 fully saturated rings. The van der Waals surface area contributed by atoms with Crippen molar-refractivity contribution in [1.82, 2.24) is 15.2 Å². The maximum atomic E-state index is 11.9. The van der Waals surface area contributed by atoms with Gasteiger partial charge in [0.1, 0.15) is 12.4 Å². The molecule has 0 spiro atoms. The molecule has 19 heavy (non-hydrogen) atoms. The SMILES string of the molecule is Cc1[nH]ncc1C(=O)Nc1cc(C#CCO)ccn1. The average molecular weight is 256 g/mol. The molecule has 6 nitrogen and oxygen atoms in total. The molecule has 0 saturated heterocycles. The highest BCUT2D eigenvalue weighted by atomic mass is 16.2. The fourth-order valence-electron chi connectivity index (χ4n) is 1.48. The molecular formula is C13H12N4O2. The topological polar surface area (TPSA) is 90.9 Å². The fraction of sp³-hybridized carbons (Fsp3) is 0.154. The molecule has 6 heteroatoms. The Kier molecular flexibility index (Phi) is 3.90. The first-order valence-electron chi connectivity index (χ1n) is 5.58. The van der Waals surface area contributed by atoms with E-state index >= 15 is 0 Å². The van der Waals surface area contributed by atoms with Crippen molar-refractivity contribution in [1.29, 1.82) is 0 Å². The standard InChI is InChI=1S/C13H12N4O2/c1-9-11(8-15-17-9)13(19)16-12-7-10(3-2-6-18)4-5-14-12/h4-5,7-8,18H,6H2,1H3,(H,15,17)(H,14,16,19). The first-order valence-corrected chi connectivity index (χ1v) is 5.58. The van der Waals surface area contributed by atoms with Crippen LogP contribution in [0.25, 0.3) is 0 Å². The van der Waals surface area contributed by atoms with Gasteiger partial charge in [0.05, 0.1) is 11.8 Å². The Hall–Kier alpha value is -2.65. The first-order chi connectivity index (χ1) is 9.20. The summed E-state index contributed by atoms with van der Waals surface area (Å²) >= 11 is 0. The van der Waals surface area contributed by atoms with Crippen LogP contribution in [0.2, 0.25) is 0 Å². The molecule has 0 radical (unpaired) electrons. The number of hydrogen-bond donors (Lipinski definition) is 3. The summed E-state index contributed by atoms with van der Waals surface area (Å²) in [5.74, 6) is 5.39. The van der Waals surface area contributed by atoms with Crippen LogP contribution in [0.1, 0.15) is 21.6 Å². The van der Waals surface area contributed by atoms with E-state index in [9.17, 15) is 4.79 Å². The Labute approximate surface area is 109 Å². The lowest BCUT2D eigenvalue weighted by atomic mass is 10.2. The van der Waals surface area contributed by atoms with Gasteiger partial charge >= 0.3 is 0 Å². The maximum absolute atomic E-state index is 11.9. The number of amides is 1. The number of hydrogen-bond acceptors (Lipinski definition) is 4.